The van der Waals surface area contributed by atoms with Gasteiger partial charge in [0, 0.05) is 17.3 Å². The SMILES string of the molecule is CC12C=CC(=O)C=C1CCC1C2C(O)CC2(C)C(C(=O)COC(=O)CCO[N+](=O)[O-])CCC12. The zero-order valence-electron chi connectivity index (χ0n) is 19.0. The van der Waals surface area contributed by atoms with Gasteiger partial charge in [-0.3, -0.25) is 14.4 Å². The van der Waals surface area contributed by atoms with Gasteiger partial charge in [0.15, 0.2) is 11.6 Å². The minimum atomic E-state index is -0.981. The van der Waals surface area contributed by atoms with Gasteiger partial charge in [0.05, 0.1) is 12.5 Å². The first-order valence-corrected chi connectivity index (χ1v) is 11.6. The molecule has 1 N–H and O–H groups in total. The molecule has 0 aliphatic heterocycles. The Bertz CT molecular complexity index is 925. The quantitative estimate of drug-likeness (QED) is 0.347. The third-order valence-corrected chi connectivity index (χ3v) is 8.76. The third-order valence-electron chi connectivity index (χ3n) is 8.76. The van der Waals surface area contributed by atoms with Crippen molar-refractivity contribution in [3.8, 4) is 0 Å². The van der Waals surface area contributed by atoms with E-state index in [1.165, 1.54) is 0 Å². The van der Waals surface area contributed by atoms with Crippen LogP contribution in [0.3, 0.4) is 0 Å². The summed E-state index contributed by atoms with van der Waals surface area (Å²) >= 11 is 0. The minimum absolute atomic E-state index is 0.00193. The second kappa shape index (κ2) is 8.66. The van der Waals surface area contributed by atoms with E-state index in [4.69, 9.17) is 4.74 Å². The van der Waals surface area contributed by atoms with Crippen LogP contribution in [0.4, 0.5) is 0 Å². The lowest BCUT2D eigenvalue weighted by Crippen LogP contribution is -2.56. The van der Waals surface area contributed by atoms with Crippen LogP contribution in [0.1, 0.15) is 52.4 Å². The molecule has 0 saturated heterocycles. The van der Waals surface area contributed by atoms with Gasteiger partial charge in [-0.15, -0.1) is 10.1 Å². The lowest BCUT2D eigenvalue weighted by Gasteiger charge is -2.58. The summed E-state index contributed by atoms with van der Waals surface area (Å²) in [5.41, 5.74) is 0.364. The topological polar surface area (TPSA) is 133 Å². The summed E-state index contributed by atoms with van der Waals surface area (Å²) in [6.07, 6.45) is 8.16. The number of hydrogen-bond acceptors (Lipinski definition) is 8. The number of aliphatic hydroxyl groups is 1. The molecular formula is C24H31NO8. The number of carbonyl (C=O) groups excluding carboxylic acids is 3. The van der Waals surface area contributed by atoms with Gasteiger partial charge < -0.3 is 14.7 Å². The lowest BCUT2D eigenvalue weighted by molar-refractivity contribution is -0.757. The van der Waals surface area contributed by atoms with Gasteiger partial charge >= 0.3 is 5.97 Å². The van der Waals surface area contributed by atoms with Gasteiger partial charge in [-0.1, -0.05) is 25.5 Å². The minimum Gasteiger partial charge on any atom is -0.458 e. The summed E-state index contributed by atoms with van der Waals surface area (Å²) in [4.78, 5) is 51.0. The summed E-state index contributed by atoms with van der Waals surface area (Å²) in [5, 5.41) is 20.5. The molecule has 7 unspecified atom stereocenters. The predicted molar refractivity (Wildman–Crippen MR) is 115 cm³/mol. The molecule has 0 aromatic heterocycles. The highest BCUT2D eigenvalue weighted by molar-refractivity contribution is 6.01. The van der Waals surface area contributed by atoms with Crippen molar-refractivity contribution in [1.29, 1.82) is 0 Å². The van der Waals surface area contributed by atoms with Crippen LogP contribution in [0.25, 0.3) is 0 Å². The van der Waals surface area contributed by atoms with Crippen LogP contribution < -0.4 is 0 Å². The largest absolute Gasteiger partial charge is 0.458 e. The highest BCUT2D eigenvalue weighted by Gasteiger charge is 2.62. The van der Waals surface area contributed by atoms with Crippen molar-refractivity contribution in [2.45, 2.75) is 58.5 Å². The number of allylic oxidation sites excluding steroid dienone is 4. The Balaban J connectivity index is 1.44. The molecule has 0 aromatic carbocycles. The van der Waals surface area contributed by atoms with Crippen molar-refractivity contribution in [2.24, 2.45) is 34.5 Å². The van der Waals surface area contributed by atoms with E-state index in [-0.39, 0.29) is 59.1 Å². The van der Waals surface area contributed by atoms with Crippen molar-refractivity contribution in [2.75, 3.05) is 13.2 Å². The summed E-state index contributed by atoms with van der Waals surface area (Å²) in [6.45, 7) is 3.41. The molecule has 0 bridgehead atoms. The molecule has 4 rings (SSSR count). The highest BCUT2D eigenvalue weighted by Crippen LogP contribution is 2.66. The Kier molecular flexibility index (Phi) is 6.20. The number of fused-ring (bicyclic) bond motifs is 5. The van der Waals surface area contributed by atoms with Crippen molar-refractivity contribution in [1.82, 2.24) is 0 Å². The van der Waals surface area contributed by atoms with Gasteiger partial charge in [-0.05, 0) is 61.5 Å². The predicted octanol–water partition coefficient (Wildman–Crippen LogP) is 2.59. The van der Waals surface area contributed by atoms with E-state index in [1.807, 2.05) is 6.08 Å². The molecule has 9 nitrogen and oxygen atoms in total. The number of nitrogens with zero attached hydrogens (tertiary/aromatic N) is 1. The van der Waals surface area contributed by atoms with Crippen LogP contribution in [-0.4, -0.2) is 47.0 Å². The van der Waals surface area contributed by atoms with E-state index in [1.54, 1.807) is 12.2 Å². The van der Waals surface area contributed by atoms with Crippen LogP contribution in [0.15, 0.2) is 23.8 Å². The average Bonchev–Trinajstić information content (AvgIpc) is 3.08. The second-order valence-electron chi connectivity index (χ2n) is 10.4. The molecule has 3 fully saturated rings. The smallest absolute Gasteiger partial charge is 0.308 e. The Morgan fingerprint density at radius 2 is 2.03 bits per heavy atom. The van der Waals surface area contributed by atoms with E-state index in [2.05, 4.69) is 18.7 Å². The van der Waals surface area contributed by atoms with E-state index < -0.39 is 23.8 Å². The molecule has 7 atom stereocenters. The fraction of sp³-hybridized carbons (Fsp3) is 0.708. The Labute approximate surface area is 192 Å². The Morgan fingerprint density at radius 1 is 1.27 bits per heavy atom. The molecule has 0 aromatic rings. The fourth-order valence-corrected chi connectivity index (χ4v) is 7.38. The normalized spacial score (nSPS) is 39.1. The summed E-state index contributed by atoms with van der Waals surface area (Å²) < 4.78 is 5.05. The molecule has 33 heavy (non-hydrogen) atoms. The molecule has 0 radical (unpaired) electrons. The van der Waals surface area contributed by atoms with Gasteiger partial charge in [0.2, 0.25) is 0 Å². The maximum atomic E-state index is 13.0. The Morgan fingerprint density at radius 3 is 2.76 bits per heavy atom. The monoisotopic (exact) mass is 461 g/mol. The molecule has 4 aliphatic carbocycles. The molecule has 4 aliphatic rings. The molecule has 3 saturated carbocycles. The average molecular weight is 462 g/mol. The number of Topliss-reactive ketones (excluding diaryl/α,β-unsaturated/α-hetero) is 1. The number of ether oxygens (including phenoxy) is 1. The second-order valence-corrected chi connectivity index (χ2v) is 10.4. The number of carbonyl (C=O) groups is 3. The molecule has 180 valence electrons. The zero-order valence-corrected chi connectivity index (χ0v) is 19.0. The van der Waals surface area contributed by atoms with Gasteiger partial charge in [0.25, 0.3) is 5.09 Å². The molecule has 0 spiro atoms. The first-order chi connectivity index (χ1) is 15.6. The number of esters is 1. The lowest BCUT2D eigenvalue weighted by atomic mass is 9.46. The van der Waals surface area contributed by atoms with E-state index >= 15 is 0 Å². The van der Waals surface area contributed by atoms with Crippen LogP contribution in [0.2, 0.25) is 0 Å². The zero-order chi connectivity index (χ0) is 24.0. The summed E-state index contributed by atoms with van der Waals surface area (Å²) in [7, 11) is 0. The molecule has 0 heterocycles. The highest BCUT2D eigenvalue weighted by atomic mass is 16.9. The first-order valence-electron chi connectivity index (χ1n) is 11.6. The maximum Gasteiger partial charge on any atom is 0.308 e. The van der Waals surface area contributed by atoms with Gasteiger partial charge in [-0.25, -0.2) is 0 Å². The molecular weight excluding hydrogens is 430 g/mol. The number of rotatable bonds is 7. The van der Waals surface area contributed by atoms with E-state index in [0.29, 0.717) is 12.8 Å². The Hall–Kier alpha value is -2.55. The maximum absolute atomic E-state index is 13.0. The standard InChI is InChI=1S/C24H31NO8/c1-23-9-7-15(26)11-14(23)3-4-16-17-5-6-18(24(17,2)12-19(27)22(16)23)20(28)13-32-21(29)8-10-33-25(30)31/h7,9,11,16-19,22,27H,3-6,8,10,12-13H2,1-2H3. The van der Waals surface area contributed by atoms with Crippen molar-refractivity contribution in [3.05, 3.63) is 33.9 Å². The van der Waals surface area contributed by atoms with Crippen molar-refractivity contribution < 1.29 is 34.2 Å². The summed E-state index contributed by atoms with van der Waals surface area (Å²) in [5.74, 6) is -0.664. The van der Waals surface area contributed by atoms with Crippen molar-refractivity contribution in [3.63, 3.8) is 0 Å². The van der Waals surface area contributed by atoms with Crippen LogP contribution >= 0.6 is 0 Å². The number of hydrogen-bond donors (Lipinski definition) is 1. The van der Waals surface area contributed by atoms with Gasteiger partial charge in [0.1, 0.15) is 13.2 Å². The van der Waals surface area contributed by atoms with Gasteiger partial charge in [-0.2, -0.15) is 0 Å². The third kappa shape index (κ3) is 4.11. The fourth-order valence-electron chi connectivity index (χ4n) is 7.38. The molecule has 9 heteroatoms. The van der Waals surface area contributed by atoms with Crippen LogP contribution in [0, 0.1) is 44.6 Å². The van der Waals surface area contributed by atoms with E-state index in [9.17, 15) is 29.6 Å². The summed E-state index contributed by atoms with van der Waals surface area (Å²) in [6, 6.07) is 0. The first kappa shape index (κ1) is 23.6. The van der Waals surface area contributed by atoms with Crippen LogP contribution in [0.5, 0.6) is 0 Å². The number of aliphatic hydroxyl groups excluding tert-OH is 1. The van der Waals surface area contributed by atoms with Crippen molar-refractivity contribution >= 4 is 17.5 Å². The van der Waals surface area contributed by atoms with E-state index in [0.717, 1.165) is 24.8 Å². The number of ketones is 2. The molecule has 0 amide bonds. The van der Waals surface area contributed by atoms with Crippen LogP contribution in [-0.2, 0) is 24.0 Å².